The summed E-state index contributed by atoms with van der Waals surface area (Å²) in [5.41, 5.74) is 3.46. The Hall–Kier alpha value is -2.51. The Bertz CT molecular complexity index is 760. The molecule has 0 unspecified atom stereocenters. The number of guanidine groups is 1. The van der Waals surface area contributed by atoms with Gasteiger partial charge in [0.2, 0.25) is 0 Å². The third kappa shape index (κ3) is 5.00. The van der Waals surface area contributed by atoms with Gasteiger partial charge < -0.3 is 10.6 Å². The van der Waals surface area contributed by atoms with Crippen LogP contribution in [0, 0.1) is 13.8 Å². The van der Waals surface area contributed by atoms with Gasteiger partial charge in [0.1, 0.15) is 0 Å². The standard InChI is InChI=1S/C18H24F3N5/c1-12-16(13(2)26(4)25-12)9-10-23-17(22-3)24-11-14-5-7-15(8-6-14)18(19,20)21/h5-8H,9-11H2,1-4H3,(H2,22,23,24). The van der Waals surface area contributed by atoms with Crippen LogP contribution in [0.15, 0.2) is 29.3 Å². The van der Waals surface area contributed by atoms with Crippen LogP contribution in [0.25, 0.3) is 0 Å². The van der Waals surface area contributed by atoms with Crippen molar-refractivity contribution >= 4 is 5.96 Å². The van der Waals surface area contributed by atoms with Crippen LogP contribution in [-0.2, 0) is 26.2 Å². The van der Waals surface area contributed by atoms with Gasteiger partial charge >= 0.3 is 6.18 Å². The third-order valence-corrected chi connectivity index (χ3v) is 4.29. The highest BCUT2D eigenvalue weighted by Gasteiger charge is 2.29. The van der Waals surface area contributed by atoms with Crippen LogP contribution in [0.3, 0.4) is 0 Å². The minimum Gasteiger partial charge on any atom is -0.356 e. The van der Waals surface area contributed by atoms with E-state index in [1.165, 1.54) is 17.7 Å². The van der Waals surface area contributed by atoms with Crippen LogP contribution < -0.4 is 10.6 Å². The van der Waals surface area contributed by atoms with Crippen LogP contribution in [0.5, 0.6) is 0 Å². The Kier molecular flexibility index (Phi) is 6.28. The summed E-state index contributed by atoms with van der Waals surface area (Å²) < 4.78 is 39.6. The van der Waals surface area contributed by atoms with Gasteiger partial charge in [-0.05, 0) is 43.5 Å². The number of benzene rings is 1. The van der Waals surface area contributed by atoms with Gasteiger partial charge in [0.05, 0.1) is 11.3 Å². The smallest absolute Gasteiger partial charge is 0.356 e. The molecule has 2 rings (SSSR count). The van der Waals surface area contributed by atoms with Crippen molar-refractivity contribution in [3.05, 3.63) is 52.3 Å². The highest BCUT2D eigenvalue weighted by atomic mass is 19.4. The average molecular weight is 367 g/mol. The number of aromatic nitrogens is 2. The maximum atomic E-state index is 12.6. The van der Waals surface area contributed by atoms with E-state index in [1.54, 1.807) is 7.05 Å². The first-order valence-corrected chi connectivity index (χ1v) is 8.32. The summed E-state index contributed by atoms with van der Waals surface area (Å²) in [4.78, 5) is 4.13. The predicted octanol–water partition coefficient (Wildman–Crippen LogP) is 2.96. The second-order valence-electron chi connectivity index (χ2n) is 6.07. The Morgan fingerprint density at radius 2 is 1.81 bits per heavy atom. The van der Waals surface area contributed by atoms with E-state index < -0.39 is 11.7 Å². The molecule has 5 nitrogen and oxygen atoms in total. The molecular weight excluding hydrogens is 343 g/mol. The second-order valence-corrected chi connectivity index (χ2v) is 6.07. The topological polar surface area (TPSA) is 54.2 Å². The number of halogens is 3. The highest BCUT2D eigenvalue weighted by Crippen LogP contribution is 2.29. The molecular formula is C18H24F3N5. The molecule has 1 heterocycles. The zero-order chi connectivity index (χ0) is 19.3. The molecule has 2 aromatic rings. The number of aryl methyl sites for hydroxylation is 2. The molecule has 0 saturated heterocycles. The van der Waals surface area contributed by atoms with Gasteiger partial charge in [-0.15, -0.1) is 0 Å². The van der Waals surface area contributed by atoms with E-state index in [-0.39, 0.29) is 0 Å². The van der Waals surface area contributed by atoms with Gasteiger partial charge in [-0.3, -0.25) is 9.67 Å². The molecule has 0 atom stereocenters. The molecule has 0 spiro atoms. The summed E-state index contributed by atoms with van der Waals surface area (Å²) in [6, 6.07) is 5.10. The van der Waals surface area contributed by atoms with Crippen molar-refractivity contribution in [2.24, 2.45) is 12.0 Å². The van der Waals surface area contributed by atoms with Crippen LogP contribution in [-0.4, -0.2) is 29.3 Å². The molecule has 0 amide bonds. The summed E-state index contributed by atoms with van der Waals surface area (Å²) in [6.45, 7) is 5.09. The Morgan fingerprint density at radius 1 is 1.15 bits per heavy atom. The van der Waals surface area contributed by atoms with Gasteiger partial charge in [-0.1, -0.05) is 12.1 Å². The number of rotatable bonds is 5. The monoisotopic (exact) mass is 367 g/mol. The molecule has 0 aliphatic carbocycles. The first kappa shape index (κ1) is 19.8. The fraction of sp³-hybridized carbons (Fsp3) is 0.444. The van der Waals surface area contributed by atoms with Crippen LogP contribution in [0.2, 0.25) is 0 Å². The Labute approximate surface area is 151 Å². The Morgan fingerprint density at radius 3 is 2.31 bits per heavy atom. The fourth-order valence-corrected chi connectivity index (χ4v) is 2.70. The summed E-state index contributed by atoms with van der Waals surface area (Å²) >= 11 is 0. The highest BCUT2D eigenvalue weighted by molar-refractivity contribution is 5.79. The molecule has 1 aromatic heterocycles. The summed E-state index contributed by atoms with van der Waals surface area (Å²) in [6.07, 6.45) is -3.50. The maximum absolute atomic E-state index is 12.6. The molecule has 26 heavy (non-hydrogen) atoms. The molecule has 0 radical (unpaired) electrons. The average Bonchev–Trinajstić information content (AvgIpc) is 2.83. The molecule has 2 N–H and O–H groups in total. The van der Waals surface area contributed by atoms with Gasteiger partial charge in [0, 0.05) is 32.9 Å². The lowest BCUT2D eigenvalue weighted by molar-refractivity contribution is -0.137. The molecule has 142 valence electrons. The van der Waals surface area contributed by atoms with E-state index in [2.05, 4.69) is 20.7 Å². The lowest BCUT2D eigenvalue weighted by Gasteiger charge is -2.13. The molecule has 0 fully saturated rings. The molecule has 0 saturated carbocycles. The molecule has 0 bridgehead atoms. The van der Waals surface area contributed by atoms with E-state index in [0.29, 0.717) is 19.0 Å². The molecule has 1 aromatic carbocycles. The van der Waals surface area contributed by atoms with Gasteiger partial charge in [-0.25, -0.2) is 0 Å². The van der Waals surface area contributed by atoms with Gasteiger partial charge in [0.15, 0.2) is 5.96 Å². The van der Waals surface area contributed by atoms with Gasteiger partial charge in [0.25, 0.3) is 0 Å². The number of hydrogen-bond donors (Lipinski definition) is 2. The minimum atomic E-state index is -4.31. The quantitative estimate of drug-likeness (QED) is 0.631. The summed E-state index contributed by atoms with van der Waals surface area (Å²) in [7, 11) is 3.58. The maximum Gasteiger partial charge on any atom is 0.416 e. The second kappa shape index (κ2) is 8.25. The van der Waals surface area contributed by atoms with E-state index in [1.807, 2.05) is 25.6 Å². The number of nitrogens with one attached hydrogen (secondary N) is 2. The summed E-state index contributed by atoms with van der Waals surface area (Å²) in [5.74, 6) is 0.601. The van der Waals surface area contributed by atoms with Crippen molar-refractivity contribution in [3.8, 4) is 0 Å². The van der Waals surface area contributed by atoms with Crippen LogP contribution >= 0.6 is 0 Å². The zero-order valence-corrected chi connectivity index (χ0v) is 15.4. The van der Waals surface area contributed by atoms with Crippen molar-refractivity contribution in [1.29, 1.82) is 0 Å². The Balaban J connectivity index is 1.84. The van der Waals surface area contributed by atoms with Crippen molar-refractivity contribution in [3.63, 3.8) is 0 Å². The normalized spacial score (nSPS) is 12.3. The molecule has 0 aliphatic rings. The number of nitrogens with zero attached hydrogens (tertiary/aromatic N) is 3. The first-order valence-electron chi connectivity index (χ1n) is 8.32. The van der Waals surface area contributed by atoms with Crippen molar-refractivity contribution in [1.82, 2.24) is 20.4 Å². The van der Waals surface area contributed by atoms with Crippen LogP contribution in [0.1, 0.15) is 28.1 Å². The number of aliphatic imine (C=N–C) groups is 1. The van der Waals surface area contributed by atoms with Gasteiger partial charge in [-0.2, -0.15) is 18.3 Å². The summed E-state index contributed by atoms with van der Waals surface area (Å²) in [5, 5.41) is 10.7. The third-order valence-electron chi connectivity index (χ3n) is 4.29. The largest absolute Gasteiger partial charge is 0.416 e. The van der Waals surface area contributed by atoms with E-state index >= 15 is 0 Å². The van der Waals surface area contributed by atoms with E-state index in [4.69, 9.17) is 0 Å². The van der Waals surface area contributed by atoms with Crippen molar-refractivity contribution in [2.45, 2.75) is 33.0 Å². The number of alkyl halides is 3. The van der Waals surface area contributed by atoms with E-state index in [9.17, 15) is 13.2 Å². The van der Waals surface area contributed by atoms with Crippen molar-refractivity contribution < 1.29 is 13.2 Å². The molecule has 8 heteroatoms. The van der Waals surface area contributed by atoms with Crippen molar-refractivity contribution in [2.75, 3.05) is 13.6 Å². The lowest BCUT2D eigenvalue weighted by atomic mass is 10.1. The fourth-order valence-electron chi connectivity index (χ4n) is 2.70. The first-order chi connectivity index (χ1) is 12.2. The SMILES string of the molecule is CN=C(NCCc1c(C)nn(C)c1C)NCc1ccc(C(F)(F)F)cc1. The van der Waals surface area contributed by atoms with E-state index in [0.717, 1.165) is 35.5 Å². The predicted molar refractivity (Wildman–Crippen MR) is 96.0 cm³/mol. The molecule has 0 aliphatic heterocycles. The minimum absolute atomic E-state index is 0.392. The van der Waals surface area contributed by atoms with Crippen LogP contribution in [0.4, 0.5) is 13.2 Å². The number of hydrogen-bond acceptors (Lipinski definition) is 2. The zero-order valence-electron chi connectivity index (χ0n) is 15.4. The lowest BCUT2D eigenvalue weighted by Crippen LogP contribution is -2.37.